The molecule has 1 fully saturated rings. The van der Waals surface area contributed by atoms with Crippen molar-refractivity contribution in [3.8, 4) is 0 Å². The van der Waals surface area contributed by atoms with Crippen LogP contribution in [0, 0.1) is 5.92 Å². The minimum atomic E-state index is -1.10. The molecule has 1 aromatic heterocycles. The number of nitrogens with zero attached hydrogens (tertiary/aromatic N) is 1. The molecule has 0 spiro atoms. The van der Waals surface area contributed by atoms with Crippen molar-refractivity contribution in [2.24, 2.45) is 5.92 Å². The summed E-state index contributed by atoms with van der Waals surface area (Å²) in [6.45, 7) is 0.632. The van der Waals surface area contributed by atoms with Crippen LogP contribution >= 0.6 is 27.3 Å². The van der Waals surface area contributed by atoms with E-state index < -0.39 is 4.58 Å². The van der Waals surface area contributed by atoms with Crippen LogP contribution in [0.1, 0.15) is 35.5 Å². The van der Waals surface area contributed by atoms with Crippen molar-refractivity contribution in [1.82, 2.24) is 10.3 Å². The van der Waals surface area contributed by atoms with Gasteiger partial charge in [0.1, 0.15) is 0 Å². The zero-order valence-electron chi connectivity index (χ0n) is 9.29. The summed E-state index contributed by atoms with van der Waals surface area (Å²) >= 11 is 4.36. The van der Waals surface area contributed by atoms with Crippen molar-refractivity contribution in [3.63, 3.8) is 0 Å². The van der Waals surface area contributed by atoms with E-state index in [2.05, 4.69) is 26.2 Å². The Kier molecular flexibility index (Phi) is 4.14. The Morgan fingerprint density at radius 3 is 3.06 bits per heavy atom. The van der Waals surface area contributed by atoms with Gasteiger partial charge in [-0.05, 0) is 35.2 Å². The summed E-state index contributed by atoms with van der Waals surface area (Å²) in [5, 5.41) is 5.08. The van der Waals surface area contributed by atoms with Gasteiger partial charge in [0, 0.05) is 24.0 Å². The van der Waals surface area contributed by atoms with Crippen LogP contribution < -0.4 is 5.32 Å². The Bertz CT molecular complexity index is 383. The lowest BCUT2D eigenvalue weighted by Crippen LogP contribution is -2.24. The van der Waals surface area contributed by atoms with Gasteiger partial charge in [-0.3, -0.25) is 4.79 Å². The monoisotopic (exact) mass is 320 g/mol. The van der Waals surface area contributed by atoms with Crippen LogP contribution in [-0.4, -0.2) is 22.0 Å². The molecule has 0 aliphatic heterocycles. The van der Waals surface area contributed by atoms with Gasteiger partial charge >= 0.3 is 0 Å². The number of rotatable bonds is 6. The first-order valence-corrected chi connectivity index (χ1v) is 7.32. The smallest absolute Gasteiger partial charge is 0.280 e. The molecule has 94 valence electrons. The lowest BCUT2D eigenvalue weighted by molar-refractivity contribution is 0.0952. The molecule has 0 radical (unpaired) electrons. The number of thiazole rings is 1. The zero-order chi connectivity index (χ0) is 12.3. The fraction of sp³-hybridized carbons (Fsp3) is 0.636. The van der Waals surface area contributed by atoms with Gasteiger partial charge in [-0.2, -0.15) is 0 Å². The van der Waals surface area contributed by atoms with Gasteiger partial charge in [0.25, 0.3) is 5.91 Å². The third kappa shape index (κ3) is 3.74. The van der Waals surface area contributed by atoms with E-state index in [1.807, 2.05) is 0 Å². The van der Waals surface area contributed by atoms with Gasteiger partial charge in [-0.15, -0.1) is 11.3 Å². The van der Waals surface area contributed by atoms with E-state index in [9.17, 15) is 9.18 Å². The molecular formula is C11H14BrFN2OS. The standard InChI is InChI=1S/C11H14BrFN2OS/c12-11(13)7-8(11)3-1-2-4-14-9(16)10-15-5-6-17-10/h5-6,8H,1-4,7H2,(H,14,16). The Morgan fingerprint density at radius 2 is 2.47 bits per heavy atom. The van der Waals surface area contributed by atoms with Crippen LogP contribution in [0.4, 0.5) is 4.39 Å². The molecule has 0 aromatic carbocycles. The maximum atomic E-state index is 13.1. The van der Waals surface area contributed by atoms with Crippen molar-refractivity contribution in [2.75, 3.05) is 6.54 Å². The number of aromatic nitrogens is 1. The van der Waals surface area contributed by atoms with E-state index in [-0.39, 0.29) is 11.8 Å². The molecule has 1 amide bonds. The second-order valence-electron chi connectivity index (χ2n) is 4.25. The van der Waals surface area contributed by atoms with E-state index in [1.165, 1.54) is 11.3 Å². The third-order valence-corrected chi connectivity index (χ3v) is 4.59. The van der Waals surface area contributed by atoms with Crippen LogP contribution in [0.25, 0.3) is 0 Å². The van der Waals surface area contributed by atoms with Crippen molar-refractivity contribution in [2.45, 2.75) is 30.3 Å². The number of carbonyl (C=O) groups is 1. The van der Waals surface area contributed by atoms with Crippen molar-refractivity contribution in [1.29, 1.82) is 0 Å². The second kappa shape index (κ2) is 5.44. The number of hydrogen-bond acceptors (Lipinski definition) is 3. The molecule has 1 aliphatic carbocycles. The molecule has 2 rings (SSSR count). The van der Waals surface area contributed by atoms with Crippen LogP contribution in [0.15, 0.2) is 11.6 Å². The third-order valence-electron chi connectivity index (χ3n) is 2.85. The van der Waals surface area contributed by atoms with Crippen molar-refractivity contribution in [3.05, 3.63) is 16.6 Å². The minimum Gasteiger partial charge on any atom is -0.350 e. The lowest BCUT2D eigenvalue weighted by atomic mass is 10.2. The first-order chi connectivity index (χ1) is 8.09. The normalized spacial score (nSPS) is 26.8. The van der Waals surface area contributed by atoms with E-state index in [1.54, 1.807) is 11.6 Å². The fourth-order valence-corrected chi connectivity index (χ4v) is 2.88. The van der Waals surface area contributed by atoms with Crippen molar-refractivity contribution >= 4 is 33.2 Å². The first-order valence-electron chi connectivity index (χ1n) is 5.65. The Morgan fingerprint density at radius 1 is 1.71 bits per heavy atom. The van der Waals surface area contributed by atoms with Gasteiger partial charge in [-0.25, -0.2) is 9.37 Å². The summed E-state index contributed by atoms with van der Waals surface area (Å²) in [5.41, 5.74) is 0. The number of hydrogen-bond donors (Lipinski definition) is 1. The predicted octanol–water partition coefficient (Wildman–Crippen LogP) is 3.12. The summed E-state index contributed by atoms with van der Waals surface area (Å²) < 4.78 is 12.0. The highest BCUT2D eigenvalue weighted by molar-refractivity contribution is 9.10. The SMILES string of the molecule is O=C(NCCCCC1CC1(F)Br)c1nccs1. The number of amides is 1. The minimum absolute atomic E-state index is 0.119. The number of nitrogens with one attached hydrogen (secondary N) is 1. The average molecular weight is 321 g/mol. The maximum absolute atomic E-state index is 13.1. The van der Waals surface area contributed by atoms with Gasteiger partial charge < -0.3 is 5.32 Å². The van der Waals surface area contributed by atoms with Gasteiger partial charge in [0.05, 0.1) is 0 Å². The molecule has 2 atom stereocenters. The highest BCUT2D eigenvalue weighted by Crippen LogP contribution is 2.54. The van der Waals surface area contributed by atoms with Crippen LogP contribution in [0.3, 0.4) is 0 Å². The molecular weight excluding hydrogens is 307 g/mol. The van der Waals surface area contributed by atoms with E-state index >= 15 is 0 Å². The van der Waals surface area contributed by atoms with E-state index in [4.69, 9.17) is 0 Å². The largest absolute Gasteiger partial charge is 0.350 e. The molecule has 6 heteroatoms. The Labute approximate surface area is 112 Å². The number of halogens is 2. The number of alkyl halides is 2. The topological polar surface area (TPSA) is 42.0 Å². The quantitative estimate of drug-likeness (QED) is 0.646. The van der Waals surface area contributed by atoms with Crippen LogP contribution in [0.2, 0.25) is 0 Å². The zero-order valence-corrected chi connectivity index (χ0v) is 11.7. The summed E-state index contributed by atoms with van der Waals surface area (Å²) in [6.07, 6.45) is 4.95. The van der Waals surface area contributed by atoms with E-state index in [0.717, 1.165) is 19.3 Å². The summed E-state index contributed by atoms with van der Waals surface area (Å²) in [6, 6.07) is 0. The average Bonchev–Trinajstić information content (AvgIpc) is 2.72. The maximum Gasteiger partial charge on any atom is 0.280 e. The fourth-order valence-electron chi connectivity index (χ4n) is 1.71. The van der Waals surface area contributed by atoms with Crippen molar-refractivity contribution < 1.29 is 9.18 Å². The summed E-state index contributed by atoms with van der Waals surface area (Å²) in [7, 11) is 0. The predicted molar refractivity (Wildman–Crippen MR) is 69.2 cm³/mol. The van der Waals surface area contributed by atoms with Gasteiger partial charge in [0.2, 0.25) is 0 Å². The molecule has 0 saturated heterocycles. The number of unbranched alkanes of at least 4 members (excludes halogenated alkanes) is 1. The highest BCUT2D eigenvalue weighted by atomic mass is 79.9. The molecule has 1 aromatic rings. The molecule has 1 heterocycles. The molecule has 0 bridgehead atoms. The van der Waals surface area contributed by atoms with Crippen LogP contribution in [-0.2, 0) is 0 Å². The molecule has 2 unspecified atom stereocenters. The van der Waals surface area contributed by atoms with Crippen LogP contribution in [0.5, 0.6) is 0 Å². The molecule has 1 saturated carbocycles. The van der Waals surface area contributed by atoms with E-state index in [0.29, 0.717) is 18.0 Å². The highest BCUT2D eigenvalue weighted by Gasteiger charge is 2.52. The second-order valence-corrected chi connectivity index (χ2v) is 6.46. The van der Waals surface area contributed by atoms with Gasteiger partial charge in [0.15, 0.2) is 9.59 Å². The summed E-state index contributed by atoms with van der Waals surface area (Å²) in [5.74, 6) is 0.0453. The van der Waals surface area contributed by atoms with Gasteiger partial charge in [-0.1, -0.05) is 6.42 Å². The molecule has 17 heavy (non-hydrogen) atoms. The lowest BCUT2D eigenvalue weighted by Gasteiger charge is -2.03. The Balaban J connectivity index is 1.53. The summed E-state index contributed by atoms with van der Waals surface area (Å²) in [4.78, 5) is 15.4. The first kappa shape index (κ1) is 13.0. The molecule has 1 aliphatic rings. The Hall–Kier alpha value is -0.490. The number of carbonyl (C=O) groups excluding carboxylic acids is 1. The molecule has 3 nitrogen and oxygen atoms in total. The molecule has 1 N–H and O–H groups in total.